The van der Waals surface area contributed by atoms with Gasteiger partial charge in [-0.25, -0.2) is 9.59 Å². The molecule has 8 rings (SSSR count). The molecule has 0 aromatic heterocycles. The predicted molar refractivity (Wildman–Crippen MR) is 334 cm³/mol. The molecule has 5 fully saturated rings. The fourth-order valence-corrected chi connectivity index (χ4v) is 17.0. The molecule has 7 aliphatic rings. The predicted octanol–water partition coefficient (Wildman–Crippen LogP) is 7.55. The molecular weight excluding hydrogens is 1160 g/mol. The van der Waals surface area contributed by atoms with Crippen LogP contribution in [-0.4, -0.2) is 168 Å². The summed E-state index contributed by atoms with van der Waals surface area (Å²) in [5.41, 5.74) is 1.14. The quantitative estimate of drug-likeness (QED) is 0.0311. The fraction of sp³-hybridized carbons (Fsp3) is 0.706. The third-order valence-electron chi connectivity index (χ3n) is 20.6. The van der Waals surface area contributed by atoms with E-state index in [0.717, 1.165) is 5.57 Å². The van der Waals surface area contributed by atoms with Crippen molar-refractivity contribution in [3.63, 3.8) is 0 Å². The number of carboxylic acid groups (broad SMARTS) is 1. The maximum Gasteiger partial charge on any atom is 0.353 e. The number of cyclic esters (lactones) is 1. The van der Waals surface area contributed by atoms with Crippen LogP contribution in [0, 0.1) is 58.7 Å². The van der Waals surface area contributed by atoms with Crippen LogP contribution in [0.3, 0.4) is 0 Å². The first-order valence-corrected chi connectivity index (χ1v) is 33.3. The van der Waals surface area contributed by atoms with E-state index in [-0.39, 0.29) is 90.2 Å². The molecule has 6 heterocycles. The number of hydrogen-bond donors (Lipinski definition) is 7. The number of carbonyl (C=O) groups excluding carboxylic acids is 7. The molecule has 0 radical (unpaired) electrons. The number of aliphatic hydroxyl groups is 4. The summed E-state index contributed by atoms with van der Waals surface area (Å²) in [7, 11) is 1.54. The lowest BCUT2D eigenvalue weighted by Crippen LogP contribution is -2.63. The number of rotatable bonds is 14. The number of carbonyl (C=O) groups is 8. The highest BCUT2D eigenvalue weighted by Crippen LogP contribution is 2.52. The summed E-state index contributed by atoms with van der Waals surface area (Å²) < 4.78 is 18.4. The summed E-state index contributed by atoms with van der Waals surface area (Å²) in [5, 5.41) is 61.6. The van der Waals surface area contributed by atoms with E-state index in [1.807, 2.05) is 53.7 Å². The molecule has 2 bridgehead atoms. The Hall–Kier alpha value is -5.13. The molecule has 6 aliphatic heterocycles. The second-order valence-electron chi connectivity index (χ2n) is 28.2. The molecule has 1 aliphatic carbocycles. The number of methoxy groups -OCH3 is 1. The Bertz CT molecular complexity index is 2940. The van der Waals surface area contributed by atoms with E-state index in [1.54, 1.807) is 52.1 Å². The van der Waals surface area contributed by atoms with Gasteiger partial charge in [0.2, 0.25) is 17.6 Å². The standard InChI is InChI=1S/C68H98N4O16S/c1-34-24-35(2)26-44(21-22-67(10,11)60(77)45-16-15-17-46(30-45)70-62(79)48-31-47(33-69-48)89-59-41(8)55-54(42(9)73)63(80)72(55)56(59)65(82)83)52(76)32-51(75)40(7)58(38(5)28-43-19-20-50(74)53(29-43)86-12)87-66(84)49-18-13-14-23-71(49)64(81)61(78)68(85)39(6)27-37(4)57(88-68)36(3)25-34/h15-17,26,28,30,34,36-37,39-44,47-51,53-55,57-58,69,73-75,85H,13-14,18-25,27,29,31-33H2,1-12H3,(H,70,79)(H,82,83)/b35-26+,38-28+/t34-,36-,37-,39+,40+,41+,42+,43-,44+,47-,48-,49-,50+,51-,53+,54+,55+,57+,58+,68+/m0/s1. The summed E-state index contributed by atoms with van der Waals surface area (Å²) in [5.74, 6) is -11.5. The number of ketones is 3. The molecule has 3 amide bonds. The van der Waals surface area contributed by atoms with Gasteiger partial charge in [-0.05, 0) is 139 Å². The minimum Gasteiger partial charge on any atom is -0.477 e. The van der Waals surface area contributed by atoms with Gasteiger partial charge in [-0.2, -0.15) is 0 Å². The van der Waals surface area contributed by atoms with Crippen molar-refractivity contribution in [2.24, 2.45) is 58.7 Å². The van der Waals surface area contributed by atoms with Crippen LogP contribution in [0.2, 0.25) is 0 Å². The Kier molecular flexibility index (Phi) is 22.6. The van der Waals surface area contributed by atoms with E-state index in [4.69, 9.17) is 14.2 Å². The van der Waals surface area contributed by atoms with Crippen LogP contribution in [0.25, 0.3) is 0 Å². The second kappa shape index (κ2) is 28.8. The zero-order valence-electron chi connectivity index (χ0n) is 54.1. The Balaban J connectivity index is 1.01. The number of anilines is 1. The average Bonchev–Trinajstić information content (AvgIpc) is 1.58. The fourth-order valence-electron chi connectivity index (χ4n) is 15.5. The summed E-state index contributed by atoms with van der Waals surface area (Å²) in [4.78, 5) is 115. The van der Waals surface area contributed by atoms with Crippen molar-refractivity contribution in [2.45, 2.75) is 225 Å². The first-order chi connectivity index (χ1) is 41.9. The minimum atomic E-state index is -2.44. The van der Waals surface area contributed by atoms with Crippen LogP contribution < -0.4 is 10.6 Å². The van der Waals surface area contributed by atoms with E-state index in [0.29, 0.717) is 86.1 Å². The van der Waals surface area contributed by atoms with Gasteiger partial charge in [0.25, 0.3) is 11.7 Å². The molecular formula is C68H98N4O16S. The zero-order chi connectivity index (χ0) is 65.3. The molecule has 0 unspecified atom stereocenters. The molecule has 89 heavy (non-hydrogen) atoms. The van der Waals surface area contributed by atoms with Gasteiger partial charge in [-0.15, -0.1) is 11.8 Å². The van der Waals surface area contributed by atoms with Crippen LogP contribution in [0.5, 0.6) is 0 Å². The Labute approximate surface area is 528 Å². The maximum atomic E-state index is 15.0. The van der Waals surface area contributed by atoms with Crippen molar-refractivity contribution in [1.82, 2.24) is 15.1 Å². The molecule has 20 nitrogen and oxygen atoms in total. The largest absolute Gasteiger partial charge is 0.477 e. The first kappa shape index (κ1) is 69.8. The summed E-state index contributed by atoms with van der Waals surface area (Å²) in [6.07, 6.45) is 3.83. The molecule has 1 saturated carbocycles. The Morgan fingerprint density at radius 3 is 2.35 bits per heavy atom. The number of fused-ring (bicyclic) bond motifs is 4. The van der Waals surface area contributed by atoms with E-state index >= 15 is 0 Å². The topological polar surface area (TPSA) is 296 Å². The number of ether oxygens (including phenoxy) is 3. The van der Waals surface area contributed by atoms with Gasteiger partial charge < -0.3 is 60.2 Å². The minimum absolute atomic E-state index is 0.0320. The smallest absolute Gasteiger partial charge is 0.353 e. The van der Waals surface area contributed by atoms with Gasteiger partial charge in [0.15, 0.2) is 5.78 Å². The number of esters is 1. The molecule has 1 aromatic carbocycles. The molecule has 7 N–H and O–H groups in total. The number of thioether (sulfide) groups is 1. The van der Waals surface area contributed by atoms with Gasteiger partial charge in [-0.3, -0.25) is 28.8 Å². The number of Topliss-reactive ketones (excluding diaryl/α,β-unsaturated/α-hetero) is 3. The molecule has 1 aromatic rings. The SMILES string of the molecule is CO[C@@H]1C[C@H](/C=C(\C)[C@H]2OC(=O)[C@@H]3CCCCN3C(=O)C(=O)[C@]3(O)O[C@H]([C@@H](C)C[C@@H](C)C/C(C)=C/[C@@H](CCC(C)(C)C(=O)c4cccc(NC(=O)[C@@H]5C[C@H](SC6=C(C(=O)O)N7C(=O)[C@H]([C@@H](C)O)[C@H]7[C@H]6C)CN5)c4)C(=O)C[C@H](O)[C@H]2C)[C@@H](C)C[C@H]3C)CC[C@H]1O. The van der Waals surface area contributed by atoms with Gasteiger partial charge >= 0.3 is 11.9 Å². The molecule has 0 spiro atoms. The highest BCUT2D eigenvalue weighted by atomic mass is 32.2. The van der Waals surface area contributed by atoms with Gasteiger partial charge in [0.1, 0.15) is 23.6 Å². The van der Waals surface area contributed by atoms with E-state index < -0.39 is 119 Å². The lowest BCUT2D eigenvalue weighted by atomic mass is 9.75. The first-order valence-electron chi connectivity index (χ1n) is 32.4. The summed E-state index contributed by atoms with van der Waals surface area (Å²) >= 11 is 1.34. The number of nitrogens with one attached hydrogen (secondary N) is 2. The number of nitrogens with zero attached hydrogens (tertiary/aromatic N) is 2. The number of amides is 3. The van der Waals surface area contributed by atoms with E-state index in [2.05, 4.69) is 17.6 Å². The zero-order valence-corrected chi connectivity index (χ0v) is 54.9. The van der Waals surface area contributed by atoms with Crippen molar-refractivity contribution in [3.05, 3.63) is 63.7 Å². The lowest BCUT2D eigenvalue weighted by molar-refractivity contribution is -0.282. The molecule has 20 atom stereocenters. The van der Waals surface area contributed by atoms with E-state index in [1.165, 1.54) is 28.5 Å². The van der Waals surface area contributed by atoms with Crippen molar-refractivity contribution < 1.29 is 78.1 Å². The van der Waals surface area contributed by atoms with Crippen LogP contribution >= 0.6 is 11.8 Å². The van der Waals surface area contributed by atoms with Crippen molar-refractivity contribution in [1.29, 1.82) is 0 Å². The van der Waals surface area contributed by atoms with Crippen LogP contribution in [0.15, 0.2) is 58.2 Å². The number of β-lactam (4-membered cyclic amide) rings is 1. The van der Waals surface area contributed by atoms with Crippen LogP contribution in [0.1, 0.15) is 170 Å². The Morgan fingerprint density at radius 1 is 0.955 bits per heavy atom. The van der Waals surface area contributed by atoms with Crippen molar-refractivity contribution >= 4 is 64.5 Å². The number of aliphatic carboxylic acids is 1. The van der Waals surface area contributed by atoms with Crippen molar-refractivity contribution in [3.8, 4) is 0 Å². The number of carboxylic acids is 1. The summed E-state index contributed by atoms with van der Waals surface area (Å²) in [6.45, 7) is 20.7. The number of aliphatic hydroxyl groups excluding tert-OH is 3. The molecule has 21 heteroatoms. The third kappa shape index (κ3) is 15.2. The van der Waals surface area contributed by atoms with Gasteiger partial charge in [-0.1, -0.05) is 85.2 Å². The number of piperidine rings is 1. The molecule has 4 saturated heterocycles. The van der Waals surface area contributed by atoms with Crippen molar-refractivity contribution in [2.75, 3.05) is 25.5 Å². The maximum absolute atomic E-state index is 15.0. The normalized spacial score (nSPS) is 37.5. The average molecular weight is 1260 g/mol. The number of benzene rings is 1. The Morgan fingerprint density at radius 2 is 1.66 bits per heavy atom. The lowest BCUT2D eigenvalue weighted by Gasteiger charge is -2.46. The highest BCUT2D eigenvalue weighted by molar-refractivity contribution is 8.03. The third-order valence-corrected chi connectivity index (χ3v) is 22.1. The van der Waals surface area contributed by atoms with Crippen LogP contribution in [0.4, 0.5) is 5.69 Å². The molecule has 492 valence electrons. The summed E-state index contributed by atoms with van der Waals surface area (Å²) in [6, 6.07) is 4.40. The monoisotopic (exact) mass is 1260 g/mol. The van der Waals surface area contributed by atoms with Crippen LogP contribution in [-0.2, 0) is 47.8 Å². The van der Waals surface area contributed by atoms with Gasteiger partial charge in [0, 0.05) is 77.1 Å². The van der Waals surface area contributed by atoms with E-state index in [9.17, 15) is 63.9 Å². The second-order valence-corrected chi connectivity index (χ2v) is 29.5. The van der Waals surface area contributed by atoms with Gasteiger partial charge in [0.05, 0.1) is 48.5 Å². The highest BCUT2D eigenvalue weighted by Gasteiger charge is 2.61. The number of allylic oxidation sites excluding steroid dienone is 3. The number of hydrogen-bond acceptors (Lipinski definition) is 17.